The molecule has 1 fully saturated rings. The summed E-state index contributed by atoms with van der Waals surface area (Å²) in [5.74, 6) is -0.144. The van der Waals surface area contributed by atoms with Crippen LogP contribution in [0.3, 0.4) is 0 Å². The highest BCUT2D eigenvalue weighted by molar-refractivity contribution is 5.98. The van der Waals surface area contributed by atoms with Crippen molar-refractivity contribution in [1.82, 2.24) is 25.3 Å². The lowest BCUT2D eigenvalue weighted by Crippen LogP contribution is -2.43. The Morgan fingerprint density at radius 3 is 2.62 bits per heavy atom. The number of benzene rings is 2. The zero-order valence-electron chi connectivity index (χ0n) is 15.7. The summed E-state index contributed by atoms with van der Waals surface area (Å²) in [6, 6.07) is 15.5. The summed E-state index contributed by atoms with van der Waals surface area (Å²) in [6.07, 6.45) is 6.03. The van der Waals surface area contributed by atoms with Crippen LogP contribution in [0.25, 0.3) is 16.8 Å². The predicted octanol–water partition coefficient (Wildman–Crippen LogP) is 3.17. The molecule has 2 aromatic carbocycles. The summed E-state index contributed by atoms with van der Waals surface area (Å²) in [5.41, 5.74) is 2.75. The van der Waals surface area contributed by atoms with Gasteiger partial charge in [-0.3, -0.25) is 4.79 Å². The molecule has 1 saturated carbocycles. The molecule has 2 N–H and O–H groups in total. The topological polar surface area (TPSA) is 97.9 Å². The summed E-state index contributed by atoms with van der Waals surface area (Å²) < 4.78 is 5.78. The van der Waals surface area contributed by atoms with Gasteiger partial charge in [-0.05, 0) is 43.5 Å². The summed E-state index contributed by atoms with van der Waals surface area (Å²) in [4.78, 5) is 19.0. The highest BCUT2D eigenvalue weighted by Crippen LogP contribution is 2.26. The molecule has 2 aromatic heterocycles. The third-order valence-corrected chi connectivity index (χ3v) is 5.22. The molecule has 1 aliphatic rings. The van der Waals surface area contributed by atoms with Gasteiger partial charge < -0.3 is 15.1 Å². The Labute approximate surface area is 166 Å². The molecule has 0 bridgehead atoms. The Bertz CT molecular complexity index is 1100. The van der Waals surface area contributed by atoms with E-state index in [1.54, 1.807) is 18.5 Å². The Morgan fingerprint density at radius 2 is 1.76 bits per heavy atom. The number of rotatable bonds is 5. The number of hydrogen-bond donors (Lipinski definition) is 2. The summed E-state index contributed by atoms with van der Waals surface area (Å²) >= 11 is 0. The van der Waals surface area contributed by atoms with Crippen LogP contribution >= 0.6 is 0 Å². The lowest BCUT2D eigenvalue weighted by atomic mass is 10.1. The lowest BCUT2D eigenvalue weighted by Gasteiger charge is -2.22. The van der Waals surface area contributed by atoms with Crippen molar-refractivity contribution >= 4 is 23.0 Å². The molecule has 1 amide bonds. The smallest absolute Gasteiger partial charge is 0.295 e. The maximum atomic E-state index is 13.0. The SMILES string of the molecule is O=C(N[C@@H]1CCC[C@@H]1Nc1nc2ccccc2o1)c1ccccc1-n1nccn1. The van der Waals surface area contributed by atoms with Gasteiger partial charge in [0.25, 0.3) is 11.9 Å². The van der Waals surface area contributed by atoms with Crippen LogP contribution in [-0.2, 0) is 0 Å². The van der Waals surface area contributed by atoms with E-state index in [2.05, 4.69) is 25.8 Å². The van der Waals surface area contributed by atoms with Crippen molar-refractivity contribution in [2.75, 3.05) is 5.32 Å². The van der Waals surface area contributed by atoms with Crippen LogP contribution in [0.1, 0.15) is 29.6 Å². The molecule has 8 heteroatoms. The third-order valence-electron chi connectivity index (χ3n) is 5.22. The van der Waals surface area contributed by atoms with Crippen molar-refractivity contribution in [2.45, 2.75) is 31.3 Å². The summed E-state index contributed by atoms with van der Waals surface area (Å²) in [5, 5.41) is 14.8. The zero-order valence-corrected chi connectivity index (χ0v) is 15.7. The fraction of sp³-hybridized carbons (Fsp3) is 0.238. The molecule has 0 radical (unpaired) electrons. The van der Waals surface area contributed by atoms with E-state index in [4.69, 9.17) is 4.42 Å². The first-order valence-corrected chi connectivity index (χ1v) is 9.66. The molecule has 0 aliphatic heterocycles. The van der Waals surface area contributed by atoms with E-state index < -0.39 is 0 Å². The number of carbonyl (C=O) groups excluding carboxylic acids is 1. The summed E-state index contributed by atoms with van der Waals surface area (Å²) in [6.45, 7) is 0. The first-order chi connectivity index (χ1) is 14.3. The Kier molecular flexibility index (Phi) is 4.44. The van der Waals surface area contributed by atoms with Crippen molar-refractivity contribution in [3.05, 3.63) is 66.5 Å². The van der Waals surface area contributed by atoms with Crippen LogP contribution in [0.2, 0.25) is 0 Å². The normalized spacial score (nSPS) is 18.8. The van der Waals surface area contributed by atoms with E-state index in [0.717, 1.165) is 30.4 Å². The minimum atomic E-state index is -0.144. The van der Waals surface area contributed by atoms with Gasteiger partial charge in [0.05, 0.1) is 29.7 Å². The average Bonchev–Trinajstić information content (AvgIpc) is 3.49. The van der Waals surface area contributed by atoms with E-state index in [-0.39, 0.29) is 18.0 Å². The van der Waals surface area contributed by atoms with Gasteiger partial charge in [0.2, 0.25) is 0 Å². The number of nitrogens with one attached hydrogen (secondary N) is 2. The lowest BCUT2D eigenvalue weighted by molar-refractivity contribution is 0.0935. The van der Waals surface area contributed by atoms with Crippen LogP contribution in [0, 0.1) is 0 Å². The van der Waals surface area contributed by atoms with Crippen LogP contribution in [-0.4, -0.2) is 38.0 Å². The molecule has 2 atom stereocenters. The number of amides is 1. The molecule has 146 valence electrons. The van der Waals surface area contributed by atoms with E-state index in [1.807, 2.05) is 42.5 Å². The number of anilines is 1. The Morgan fingerprint density at radius 1 is 1.00 bits per heavy atom. The molecule has 5 rings (SSSR count). The first-order valence-electron chi connectivity index (χ1n) is 9.66. The molecule has 8 nitrogen and oxygen atoms in total. The van der Waals surface area contributed by atoms with Gasteiger partial charge in [-0.25, -0.2) is 0 Å². The quantitative estimate of drug-likeness (QED) is 0.545. The van der Waals surface area contributed by atoms with E-state index in [0.29, 0.717) is 17.3 Å². The molecular formula is C21H20N6O2. The number of hydrogen-bond acceptors (Lipinski definition) is 6. The zero-order chi connectivity index (χ0) is 19.6. The molecule has 4 aromatic rings. The van der Waals surface area contributed by atoms with Gasteiger partial charge in [-0.2, -0.15) is 20.0 Å². The second kappa shape index (κ2) is 7.38. The number of fused-ring (bicyclic) bond motifs is 1. The van der Waals surface area contributed by atoms with Crippen molar-refractivity contribution in [1.29, 1.82) is 0 Å². The van der Waals surface area contributed by atoms with Crippen molar-refractivity contribution in [2.24, 2.45) is 0 Å². The predicted molar refractivity (Wildman–Crippen MR) is 108 cm³/mol. The monoisotopic (exact) mass is 388 g/mol. The minimum Gasteiger partial charge on any atom is -0.424 e. The second-order valence-electron chi connectivity index (χ2n) is 7.08. The number of para-hydroxylation sites is 3. The minimum absolute atomic E-state index is 0.0175. The second-order valence-corrected chi connectivity index (χ2v) is 7.08. The van der Waals surface area contributed by atoms with Gasteiger partial charge in [-0.1, -0.05) is 24.3 Å². The maximum absolute atomic E-state index is 13.0. The van der Waals surface area contributed by atoms with Gasteiger partial charge in [-0.15, -0.1) is 0 Å². The van der Waals surface area contributed by atoms with E-state index in [1.165, 1.54) is 4.80 Å². The largest absolute Gasteiger partial charge is 0.424 e. The standard InChI is InChI=1S/C21H20N6O2/c28-20(14-6-1-3-10-18(14)27-22-12-13-23-27)24-15-8-5-9-16(15)25-21-26-17-7-2-4-11-19(17)29-21/h1-4,6-7,10-13,15-16H,5,8-9H2,(H,24,28)(H,25,26)/t15-,16+/m1/s1. The molecule has 29 heavy (non-hydrogen) atoms. The highest BCUT2D eigenvalue weighted by atomic mass is 16.4. The van der Waals surface area contributed by atoms with Crippen molar-refractivity contribution in [3.8, 4) is 5.69 Å². The fourth-order valence-electron chi connectivity index (χ4n) is 3.82. The maximum Gasteiger partial charge on any atom is 0.295 e. The van der Waals surface area contributed by atoms with Crippen molar-refractivity contribution < 1.29 is 9.21 Å². The van der Waals surface area contributed by atoms with Gasteiger partial charge in [0.1, 0.15) is 5.52 Å². The van der Waals surface area contributed by atoms with Crippen LogP contribution in [0.5, 0.6) is 0 Å². The Balaban J connectivity index is 1.33. The van der Waals surface area contributed by atoms with Crippen LogP contribution < -0.4 is 10.6 Å². The first kappa shape index (κ1) is 17.4. The summed E-state index contributed by atoms with van der Waals surface area (Å²) in [7, 11) is 0. The van der Waals surface area contributed by atoms with Crippen LogP contribution in [0.15, 0.2) is 65.3 Å². The number of carbonyl (C=O) groups is 1. The van der Waals surface area contributed by atoms with E-state index >= 15 is 0 Å². The molecule has 1 aliphatic carbocycles. The number of nitrogens with zero attached hydrogens (tertiary/aromatic N) is 4. The third kappa shape index (κ3) is 3.44. The van der Waals surface area contributed by atoms with Gasteiger partial charge >= 0.3 is 0 Å². The molecule has 0 saturated heterocycles. The molecule has 2 heterocycles. The average molecular weight is 388 g/mol. The number of aromatic nitrogens is 4. The van der Waals surface area contributed by atoms with Crippen molar-refractivity contribution in [3.63, 3.8) is 0 Å². The molecule has 0 spiro atoms. The van der Waals surface area contributed by atoms with E-state index in [9.17, 15) is 4.79 Å². The number of oxazole rings is 1. The molecule has 0 unspecified atom stereocenters. The van der Waals surface area contributed by atoms with Gasteiger partial charge in [0, 0.05) is 6.04 Å². The fourth-order valence-corrected chi connectivity index (χ4v) is 3.82. The molecular weight excluding hydrogens is 368 g/mol. The Hall–Kier alpha value is -3.68. The van der Waals surface area contributed by atoms with Gasteiger partial charge in [0.15, 0.2) is 5.58 Å². The highest BCUT2D eigenvalue weighted by Gasteiger charge is 2.30. The van der Waals surface area contributed by atoms with Crippen LogP contribution in [0.4, 0.5) is 6.01 Å².